The van der Waals surface area contributed by atoms with Crippen LogP contribution in [-0.4, -0.2) is 62.1 Å². The molecule has 2 saturated heterocycles. The second kappa shape index (κ2) is 5.63. The number of hydrogen-bond acceptors (Lipinski definition) is 3. The third-order valence-electron chi connectivity index (χ3n) is 3.94. The lowest BCUT2D eigenvalue weighted by molar-refractivity contribution is -0.187. The molecule has 1 spiro atoms. The second-order valence-electron chi connectivity index (χ2n) is 6.53. The number of likely N-dealkylation sites (tertiary alicyclic amines) is 1. The molecule has 0 unspecified atom stereocenters. The summed E-state index contributed by atoms with van der Waals surface area (Å²) >= 11 is 0. The molecule has 0 radical (unpaired) electrons. The van der Waals surface area contributed by atoms with Crippen molar-refractivity contribution in [1.29, 1.82) is 0 Å². The van der Waals surface area contributed by atoms with Gasteiger partial charge in [-0.15, -0.1) is 0 Å². The highest BCUT2D eigenvalue weighted by molar-refractivity contribution is 5.93. The molecule has 2 rings (SSSR count). The van der Waals surface area contributed by atoms with Crippen molar-refractivity contribution in [2.24, 2.45) is 11.3 Å². The number of carbonyl (C=O) groups excluding carboxylic acids is 1. The lowest BCUT2D eigenvalue weighted by atomic mass is 9.78. The van der Waals surface area contributed by atoms with Crippen molar-refractivity contribution >= 4 is 5.91 Å². The summed E-state index contributed by atoms with van der Waals surface area (Å²) in [7, 11) is 1.89. The lowest BCUT2D eigenvalue weighted by Crippen LogP contribution is -2.66. The van der Waals surface area contributed by atoms with Gasteiger partial charge in [-0.05, 0) is 12.8 Å². The summed E-state index contributed by atoms with van der Waals surface area (Å²) in [5.41, 5.74) is 1.34. The summed E-state index contributed by atoms with van der Waals surface area (Å²) in [6, 6.07) is 0. The first-order valence-corrected chi connectivity index (χ1v) is 7.16. The Morgan fingerprint density at radius 2 is 2.05 bits per heavy atom. The molecule has 4 nitrogen and oxygen atoms in total. The van der Waals surface area contributed by atoms with Crippen molar-refractivity contribution < 1.29 is 9.53 Å². The van der Waals surface area contributed by atoms with E-state index in [1.807, 2.05) is 24.9 Å². The van der Waals surface area contributed by atoms with Crippen LogP contribution in [0.2, 0.25) is 0 Å². The quantitative estimate of drug-likeness (QED) is 0.705. The zero-order valence-electron chi connectivity index (χ0n) is 12.6. The molecule has 0 aliphatic carbocycles. The van der Waals surface area contributed by atoms with Crippen molar-refractivity contribution in [3.63, 3.8) is 0 Å². The number of likely N-dealkylation sites (N-methyl/N-ethyl adjacent to an activating group) is 1. The van der Waals surface area contributed by atoms with E-state index >= 15 is 0 Å². The largest absolute Gasteiger partial charge is 0.380 e. The van der Waals surface area contributed by atoms with Gasteiger partial charge in [0, 0.05) is 44.2 Å². The summed E-state index contributed by atoms with van der Waals surface area (Å²) in [6.07, 6.45) is 1.96. The Balaban J connectivity index is 1.82. The molecule has 2 aliphatic heterocycles. The number of rotatable bonds is 5. The zero-order valence-corrected chi connectivity index (χ0v) is 12.6. The van der Waals surface area contributed by atoms with E-state index < -0.39 is 0 Å². The Morgan fingerprint density at radius 3 is 2.47 bits per heavy atom. The monoisotopic (exact) mass is 266 g/mol. The minimum Gasteiger partial charge on any atom is -0.380 e. The smallest absolute Gasteiger partial charge is 0.250 e. The number of hydrogen-bond donors (Lipinski definition) is 0. The Bertz CT molecular complexity index is 364. The maximum Gasteiger partial charge on any atom is 0.250 e. The summed E-state index contributed by atoms with van der Waals surface area (Å²) in [5, 5.41) is 0. The first kappa shape index (κ1) is 14.5. The summed E-state index contributed by atoms with van der Waals surface area (Å²) < 4.78 is 5.27. The third-order valence-corrected chi connectivity index (χ3v) is 3.94. The van der Waals surface area contributed by atoms with Crippen LogP contribution in [0.5, 0.6) is 0 Å². The van der Waals surface area contributed by atoms with Crippen LogP contribution in [0.1, 0.15) is 20.8 Å². The van der Waals surface area contributed by atoms with Crippen LogP contribution >= 0.6 is 0 Å². The summed E-state index contributed by atoms with van der Waals surface area (Å²) in [4.78, 5) is 16.5. The van der Waals surface area contributed by atoms with E-state index in [-0.39, 0.29) is 5.91 Å². The molecular weight excluding hydrogens is 240 g/mol. The highest BCUT2D eigenvalue weighted by atomic mass is 16.5. The molecule has 0 aromatic heterocycles. The highest BCUT2D eigenvalue weighted by Gasteiger charge is 2.48. The fourth-order valence-electron chi connectivity index (χ4n) is 2.99. The SMILES string of the molecule is C/C=C(\CN1CC2(COC2)C1)C(=O)N(C)CC(C)C. The summed E-state index contributed by atoms with van der Waals surface area (Å²) in [6.45, 7) is 11.8. The van der Waals surface area contributed by atoms with Crippen molar-refractivity contribution in [3.05, 3.63) is 11.6 Å². The Hall–Kier alpha value is -0.870. The van der Waals surface area contributed by atoms with Gasteiger partial charge in [0.25, 0.3) is 5.91 Å². The molecule has 108 valence electrons. The van der Waals surface area contributed by atoms with E-state index in [0.717, 1.165) is 45.0 Å². The molecule has 19 heavy (non-hydrogen) atoms. The molecular formula is C15H26N2O2. The number of allylic oxidation sites excluding steroid dienone is 1. The van der Waals surface area contributed by atoms with Gasteiger partial charge in [0.2, 0.25) is 0 Å². The van der Waals surface area contributed by atoms with E-state index in [0.29, 0.717) is 11.3 Å². The normalized spacial score (nSPS) is 22.3. The molecule has 1 amide bonds. The molecule has 0 atom stereocenters. The van der Waals surface area contributed by atoms with Crippen LogP contribution in [-0.2, 0) is 9.53 Å². The fraction of sp³-hybridized carbons (Fsp3) is 0.800. The average Bonchev–Trinajstić information content (AvgIpc) is 2.23. The van der Waals surface area contributed by atoms with E-state index in [4.69, 9.17) is 4.74 Å². The zero-order chi connectivity index (χ0) is 14.0. The van der Waals surface area contributed by atoms with E-state index in [2.05, 4.69) is 18.7 Å². The molecule has 2 fully saturated rings. The van der Waals surface area contributed by atoms with Crippen LogP contribution in [0.4, 0.5) is 0 Å². The predicted molar refractivity (Wildman–Crippen MR) is 75.9 cm³/mol. The van der Waals surface area contributed by atoms with E-state index in [1.165, 1.54) is 0 Å². The number of nitrogens with zero attached hydrogens (tertiary/aromatic N) is 2. The van der Waals surface area contributed by atoms with Gasteiger partial charge in [-0.25, -0.2) is 0 Å². The van der Waals surface area contributed by atoms with Gasteiger partial charge in [-0.1, -0.05) is 19.9 Å². The summed E-state index contributed by atoms with van der Waals surface area (Å²) in [5.74, 6) is 0.675. The fourth-order valence-corrected chi connectivity index (χ4v) is 2.99. The Morgan fingerprint density at radius 1 is 1.42 bits per heavy atom. The van der Waals surface area contributed by atoms with Gasteiger partial charge in [0.15, 0.2) is 0 Å². The predicted octanol–water partition coefficient (Wildman–Crippen LogP) is 1.38. The molecule has 0 aromatic rings. The first-order chi connectivity index (χ1) is 8.96. The van der Waals surface area contributed by atoms with Crippen LogP contribution in [0.25, 0.3) is 0 Å². The second-order valence-corrected chi connectivity index (χ2v) is 6.53. The topological polar surface area (TPSA) is 32.8 Å². The molecule has 0 bridgehead atoms. The van der Waals surface area contributed by atoms with Crippen molar-refractivity contribution in [2.45, 2.75) is 20.8 Å². The molecule has 0 saturated carbocycles. The van der Waals surface area contributed by atoms with Gasteiger partial charge in [0.05, 0.1) is 13.2 Å². The maximum absolute atomic E-state index is 12.3. The van der Waals surface area contributed by atoms with Crippen molar-refractivity contribution in [2.75, 3.05) is 46.4 Å². The van der Waals surface area contributed by atoms with Crippen molar-refractivity contribution in [3.8, 4) is 0 Å². The average molecular weight is 266 g/mol. The van der Waals surface area contributed by atoms with E-state index in [9.17, 15) is 4.79 Å². The van der Waals surface area contributed by atoms with Gasteiger partial charge in [-0.2, -0.15) is 0 Å². The van der Waals surface area contributed by atoms with Crippen molar-refractivity contribution in [1.82, 2.24) is 9.80 Å². The minimum absolute atomic E-state index is 0.169. The van der Waals surface area contributed by atoms with Crippen LogP contribution in [0.15, 0.2) is 11.6 Å². The molecule has 4 heteroatoms. The molecule has 2 heterocycles. The van der Waals surface area contributed by atoms with Crippen LogP contribution < -0.4 is 0 Å². The highest BCUT2D eigenvalue weighted by Crippen LogP contribution is 2.37. The van der Waals surface area contributed by atoms with Crippen LogP contribution in [0, 0.1) is 11.3 Å². The standard InChI is InChI=1S/C15H26N2O2/c1-5-13(14(18)16(4)6-12(2)3)7-17-8-15(9-17)10-19-11-15/h5,12H,6-11H2,1-4H3/b13-5+. The number of carbonyl (C=O) groups is 1. The Kier molecular flexibility index (Phi) is 4.31. The van der Waals surface area contributed by atoms with Gasteiger partial charge < -0.3 is 9.64 Å². The minimum atomic E-state index is 0.169. The lowest BCUT2D eigenvalue weighted by Gasteiger charge is -2.55. The van der Waals surface area contributed by atoms with Gasteiger partial charge in [0.1, 0.15) is 0 Å². The molecule has 0 aromatic carbocycles. The first-order valence-electron chi connectivity index (χ1n) is 7.16. The maximum atomic E-state index is 12.3. The molecule has 0 N–H and O–H groups in total. The number of ether oxygens (including phenoxy) is 1. The van der Waals surface area contributed by atoms with Gasteiger partial charge >= 0.3 is 0 Å². The van der Waals surface area contributed by atoms with Crippen LogP contribution in [0.3, 0.4) is 0 Å². The number of amides is 1. The van der Waals surface area contributed by atoms with Gasteiger partial charge in [-0.3, -0.25) is 9.69 Å². The molecule has 2 aliphatic rings. The Labute approximate surface area is 116 Å². The third kappa shape index (κ3) is 3.18. The van der Waals surface area contributed by atoms with E-state index in [1.54, 1.807) is 0 Å².